The molecule has 1 aliphatic rings. The van der Waals surface area contributed by atoms with E-state index in [0.717, 1.165) is 0 Å². The van der Waals surface area contributed by atoms with E-state index in [4.69, 9.17) is 11.6 Å². The lowest BCUT2D eigenvalue weighted by Crippen LogP contribution is -2.30. The van der Waals surface area contributed by atoms with Crippen LogP contribution in [0.25, 0.3) is 0 Å². The van der Waals surface area contributed by atoms with E-state index in [9.17, 15) is 14.7 Å². The number of hydrogen-bond acceptors (Lipinski definition) is 5. The van der Waals surface area contributed by atoms with Crippen LogP contribution in [0.3, 0.4) is 0 Å². The number of amides is 2. The summed E-state index contributed by atoms with van der Waals surface area (Å²) in [5, 5.41) is 13.1. The lowest BCUT2D eigenvalue weighted by Gasteiger charge is -2.11. The molecule has 1 heterocycles. The first-order valence-electron chi connectivity index (χ1n) is 8.67. The molecule has 0 saturated heterocycles. The minimum Gasteiger partial charge on any atom is -0.510 e. The molecule has 0 fully saturated rings. The number of carbonyl (C=O) groups is 2. The number of nitrogens with zero attached hydrogens (tertiary/aromatic N) is 1. The largest absolute Gasteiger partial charge is 0.510 e. The standard InChI is InChI=1S/C20H19ClN4O3/c21-14-8-4-5-9-15(14)24-25-18(27)11-10-16(19-17(26)12-22-20(19)28)23-13-6-2-1-3-7-13/h1-9,24,26H,10-12H2,(H,22,28)(H,25,27). The monoisotopic (exact) mass is 398 g/mol. The number of nitrogens with one attached hydrogen (secondary N) is 3. The molecular formula is C20H19ClN4O3. The average molecular weight is 399 g/mol. The molecule has 28 heavy (non-hydrogen) atoms. The molecule has 7 nitrogen and oxygen atoms in total. The number of hydrogen-bond donors (Lipinski definition) is 4. The Hall–Kier alpha value is -3.32. The summed E-state index contributed by atoms with van der Waals surface area (Å²) in [5.74, 6) is -0.782. The highest BCUT2D eigenvalue weighted by molar-refractivity contribution is 6.33. The van der Waals surface area contributed by atoms with Gasteiger partial charge in [0.2, 0.25) is 5.91 Å². The first kappa shape index (κ1) is 19.4. The second kappa shape index (κ2) is 9.05. The maximum Gasteiger partial charge on any atom is 0.257 e. The Morgan fingerprint density at radius 2 is 1.82 bits per heavy atom. The van der Waals surface area contributed by atoms with Gasteiger partial charge in [-0.05, 0) is 30.7 Å². The Kier molecular flexibility index (Phi) is 6.29. The summed E-state index contributed by atoms with van der Waals surface area (Å²) in [6, 6.07) is 16.1. The fourth-order valence-electron chi connectivity index (χ4n) is 2.66. The summed E-state index contributed by atoms with van der Waals surface area (Å²) in [4.78, 5) is 28.7. The van der Waals surface area contributed by atoms with Crippen molar-refractivity contribution in [1.29, 1.82) is 0 Å². The van der Waals surface area contributed by atoms with Crippen molar-refractivity contribution in [1.82, 2.24) is 10.7 Å². The van der Waals surface area contributed by atoms with Gasteiger partial charge in [-0.3, -0.25) is 25.4 Å². The number of benzene rings is 2. The lowest BCUT2D eigenvalue weighted by atomic mass is 10.0. The zero-order chi connectivity index (χ0) is 19.9. The average Bonchev–Trinajstić information content (AvgIpc) is 3.03. The molecular weight excluding hydrogens is 380 g/mol. The van der Waals surface area contributed by atoms with Gasteiger partial charge in [-0.1, -0.05) is 41.9 Å². The van der Waals surface area contributed by atoms with E-state index in [1.807, 2.05) is 18.2 Å². The van der Waals surface area contributed by atoms with Gasteiger partial charge in [-0.2, -0.15) is 0 Å². The van der Waals surface area contributed by atoms with Crippen LogP contribution in [0.15, 0.2) is 70.9 Å². The summed E-state index contributed by atoms with van der Waals surface area (Å²) < 4.78 is 0. The van der Waals surface area contributed by atoms with Crippen molar-refractivity contribution in [3.05, 3.63) is 71.0 Å². The number of hydrazine groups is 1. The second-order valence-corrected chi connectivity index (χ2v) is 6.46. The highest BCUT2D eigenvalue weighted by atomic mass is 35.5. The highest BCUT2D eigenvalue weighted by Gasteiger charge is 2.27. The predicted molar refractivity (Wildman–Crippen MR) is 109 cm³/mol. The van der Waals surface area contributed by atoms with Crippen LogP contribution in [0.5, 0.6) is 0 Å². The number of aliphatic imine (C=N–C) groups is 1. The number of aliphatic hydroxyl groups is 1. The third-order valence-corrected chi connectivity index (χ3v) is 4.37. The summed E-state index contributed by atoms with van der Waals surface area (Å²) in [7, 11) is 0. The Morgan fingerprint density at radius 1 is 1.11 bits per heavy atom. The van der Waals surface area contributed by atoms with E-state index in [0.29, 0.717) is 22.1 Å². The fraction of sp³-hybridized carbons (Fsp3) is 0.150. The van der Waals surface area contributed by atoms with Gasteiger partial charge in [0, 0.05) is 6.42 Å². The van der Waals surface area contributed by atoms with E-state index in [1.165, 1.54) is 0 Å². The zero-order valence-corrected chi connectivity index (χ0v) is 15.7. The number of halogens is 1. The van der Waals surface area contributed by atoms with Crippen molar-refractivity contribution in [3.63, 3.8) is 0 Å². The molecule has 0 spiro atoms. The Balaban J connectivity index is 1.69. The summed E-state index contributed by atoms with van der Waals surface area (Å²) >= 11 is 6.03. The van der Waals surface area contributed by atoms with Crippen LogP contribution in [0, 0.1) is 0 Å². The van der Waals surface area contributed by atoms with Crippen LogP contribution < -0.4 is 16.2 Å². The molecule has 0 saturated carbocycles. The number of rotatable bonds is 7. The minimum atomic E-state index is -0.401. The maximum atomic E-state index is 12.2. The zero-order valence-electron chi connectivity index (χ0n) is 14.9. The normalized spacial score (nSPS) is 14.0. The van der Waals surface area contributed by atoms with Crippen LogP contribution in [-0.4, -0.2) is 29.2 Å². The summed E-state index contributed by atoms with van der Waals surface area (Å²) in [6.45, 7) is 0.0578. The number of anilines is 1. The smallest absolute Gasteiger partial charge is 0.257 e. The van der Waals surface area contributed by atoms with Crippen LogP contribution >= 0.6 is 11.6 Å². The molecule has 0 aromatic heterocycles. The van der Waals surface area contributed by atoms with E-state index in [2.05, 4.69) is 21.2 Å². The van der Waals surface area contributed by atoms with Gasteiger partial charge in [0.1, 0.15) is 11.3 Å². The van der Waals surface area contributed by atoms with E-state index in [-0.39, 0.29) is 36.6 Å². The van der Waals surface area contributed by atoms with Crippen molar-refractivity contribution in [3.8, 4) is 0 Å². The summed E-state index contributed by atoms with van der Waals surface area (Å²) in [5.41, 5.74) is 7.01. The third-order valence-electron chi connectivity index (χ3n) is 4.04. The van der Waals surface area contributed by atoms with Crippen LogP contribution in [0.2, 0.25) is 5.02 Å². The van der Waals surface area contributed by atoms with Gasteiger partial charge < -0.3 is 10.4 Å². The number of carbonyl (C=O) groups excluding carboxylic acids is 2. The molecule has 4 N–H and O–H groups in total. The van der Waals surface area contributed by atoms with Crippen molar-refractivity contribution >= 4 is 40.5 Å². The van der Waals surface area contributed by atoms with E-state index >= 15 is 0 Å². The quantitative estimate of drug-likeness (QED) is 0.424. The van der Waals surface area contributed by atoms with Gasteiger partial charge in [-0.15, -0.1) is 0 Å². The van der Waals surface area contributed by atoms with Crippen LogP contribution in [0.1, 0.15) is 12.8 Å². The first-order chi connectivity index (χ1) is 13.5. The summed E-state index contributed by atoms with van der Waals surface area (Å²) in [6.07, 6.45) is 0.241. The van der Waals surface area contributed by atoms with Crippen molar-refractivity contribution in [2.45, 2.75) is 12.8 Å². The maximum absolute atomic E-state index is 12.2. The fourth-order valence-corrected chi connectivity index (χ4v) is 2.84. The van der Waals surface area contributed by atoms with Gasteiger partial charge >= 0.3 is 0 Å². The van der Waals surface area contributed by atoms with Crippen molar-refractivity contribution < 1.29 is 14.7 Å². The Morgan fingerprint density at radius 3 is 2.50 bits per heavy atom. The SMILES string of the molecule is O=C(CCC(=Nc1ccccc1)C1=C(O)CNC1=O)NNc1ccccc1Cl. The second-order valence-electron chi connectivity index (χ2n) is 6.05. The molecule has 0 aliphatic carbocycles. The van der Waals surface area contributed by atoms with Gasteiger partial charge in [0.05, 0.1) is 28.7 Å². The molecule has 0 unspecified atom stereocenters. The molecule has 0 bridgehead atoms. The van der Waals surface area contributed by atoms with Crippen molar-refractivity contribution in [2.75, 3.05) is 12.0 Å². The topological polar surface area (TPSA) is 103 Å². The van der Waals surface area contributed by atoms with Crippen molar-refractivity contribution in [2.24, 2.45) is 4.99 Å². The molecule has 2 amide bonds. The van der Waals surface area contributed by atoms with Gasteiger partial charge in [-0.25, -0.2) is 0 Å². The van der Waals surface area contributed by atoms with Gasteiger partial charge in [0.15, 0.2) is 0 Å². The van der Waals surface area contributed by atoms with E-state index in [1.54, 1.807) is 36.4 Å². The molecule has 8 heteroatoms. The van der Waals surface area contributed by atoms with Crippen LogP contribution in [0.4, 0.5) is 11.4 Å². The first-order valence-corrected chi connectivity index (χ1v) is 9.05. The molecule has 3 rings (SSSR count). The van der Waals surface area contributed by atoms with Gasteiger partial charge in [0.25, 0.3) is 5.91 Å². The predicted octanol–water partition coefficient (Wildman–Crippen LogP) is 3.28. The Bertz CT molecular complexity index is 941. The van der Waals surface area contributed by atoms with E-state index < -0.39 is 5.91 Å². The minimum absolute atomic E-state index is 0.0578. The number of para-hydroxylation sites is 2. The molecule has 1 aliphatic heterocycles. The third kappa shape index (κ3) is 4.89. The molecule has 2 aromatic rings. The molecule has 0 radical (unpaired) electrons. The highest BCUT2D eigenvalue weighted by Crippen LogP contribution is 2.21. The lowest BCUT2D eigenvalue weighted by molar-refractivity contribution is -0.120. The molecule has 2 aromatic carbocycles. The van der Waals surface area contributed by atoms with Crippen LogP contribution in [-0.2, 0) is 9.59 Å². The molecule has 0 atom stereocenters. The molecule has 144 valence electrons. The number of aliphatic hydroxyl groups excluding tert-OH is 1. The Labute approximate surface area is 167 Å².